The third kappa shape index (κ3) is 3.30. The number of rotatable bonds is 3. The standard InChI is InChI=1S/C18H21NO2/c1-13-4-5-14(2)16(10-13)19-12-15-6-7-17-18(11-15)21-9-3-8-20-17/h4-7,10-11,19H,3,8-9,12H2,1-2H3. The van der Waals surface area contributed by atoms with Crippen LogP contribution in [0, 0.1) is 13.8 Å². The molecule has 1 heterocycles. The molecule has 0 saturated heterocycles. The van der Waals surface area contributed by atoms with Crippen LogP contribution in [0.2, 0.25) is 0 Å². The van der Waals surface area contributed by atoms with Gasteiger partial charge in [0.25, 0.3) is 0 Å². The van der Waals surface area contributed by atoms with E-state index in [0.717, 1.165) is 37.7 Å². The lowest BCUT2D eigenvalue weighted by Gasteiger charge is -2.12. The predicted octanol–water partition coefficient (Wildman–Crippen LogP) is 4.08. The van der Waals surface area contributed by atoms with Gasteiger partial charge < -0.3 is 14.8 Å². The minimum absolute atomic E-state index is 0.723. The maximum atomic E-state index is 5.73. The van der Waals surface area contributed by atoms with E-state index in [1.165, 1.54) is 22.4 Å². The number of anilines is 1. The first kappa shape index (κ1) is 13.8. The molecule has 1 aliphatic rings. The monoisotopic (exact) mass is 283 g/mol. The number of benzene rings is 2. The molecule has 2 aromatic carbocycles. The van der Waals surface area contributed by atoms with Gasteiger partial charge in [0.1, 0.15) is 0 Å². The molecule has 3 nitrogen and oxygen atoms in total. The van der Waals surface area contributed by atoms with Gasteiger partial charge in [0.05, 0.1) is 13.2 Å². The van der Waals surface area contributed by atoms with Gasteiger partial charge in [0, 0.05) is 18.7 Å². The molecule has 1 aliphatic heterocycles. The summed E-state index contributed by atoms with van der Waals surface area (Å²) in [5.74, 6) is 1.70. The lowest BCUT2D eigenvalue weighted by atomic mass is 10.1. The first-order valence-electron chi connectivity index (χ1n) is 7.42. The molecule has 0 aromatic heterocycles. The van der Waals surface area contributed by atoms with Gasteiger partial charge in [0.15, 0.2) is 11.5 Å². The third-order valence-electron chi connectivity index (χ3n) is 3.69. The maximum Gasteiger partial charge on any atom is 0.161 e. The summed E-state index contributed by atoms with van der Waals surface area (Å²) in [4.78, 5) is 0. The van der Waals surface area contributed by atoms with Crippen molar-refractivity contribution in [3.05, 3.63) is 53.1 Å². The Morgan fingerprint density at radius 2 is 1.76 bits per heavy atom. The van der Waals surface area contributed by atoms with Crippen LogP contribution < -0.4 is 14.8 Å². The highest BCUT2D eigenvalue weighted by atomic mass is 16.5. The van der Waals surface area contributed by atoms with Gasteiger partial charge in [-0.3, -0.25) is 0 Å². The number of aryl methyl sites for hydroxylation is 2. The lowest BCUT2D eigenvalue weighted by molar-refractivity contribution is 0.297. The number of fused-ring (bicyclic) bond motifs is 1. The summed E-state index contributed by atoms with van der Waals surface area (Å²) >= 11 is 0. The average Bonchev–Trinajstić information content (AvgIpc) is 2.73. The topological polar surface area (TPSA) is 30.5 Å². The van der Waals surface area contributed by atoms with Gasteiger partial charge >= 0.3 is 0 Å². The maximum absolute atomic E-state index is 5.73. The largest absolute Gasteiger partial charge is 0.490 e. The van der Waals surface area contributed by atoms with Gasteiger partial charge in [-0.05, 0) is 48.7 Å². The molecule has 0 bridgehead atoms. The number of hydrogen-bond acceptors (Lipinski definition) is 3. The quantitative estimate of drug-likeness (QED) is 0.920. The summed E-state index contributed by atoms with van der Waals surface area (Å²) in [5, 5.41) is 3.50. The molecule has 2 aromatic rings. The van der Waals surface area contributed by atoms with Crippen LogP contribution >= 0.6 is 0 Å². The number of ether oxygens (including phenoxy) is 2. The summed E-state index contributed by atoms with van der Waals surface area (Å²) < 4.78 is 11.4. The molecule has 1 N–H and O–H groups in total. The summed E-state index contributed by atoms with van der Waals surface area (Å²) in [6, 6.07) is 12.6. The van der Waals surface area contributed by atoms with Crippen LogP contribution in [-0.4, -0.2) is 13.2 Å². The van der Waals surface area contributed by atoms with Crippen molar-refractivity contribution in [2.45, 2.75) is 26.8 Å². The van der Waals surface area contributed by atoms with Crippen molar-refractivity contribution in [3.8, 4) is 11.5 Å². The molecule has 0 spiro atoms. The molecular formula is C18H21NO2. The Hall–Kier alpha value is -2.16. The van der Waals surface area contributed by atoms with Crippen molar-refractivity contribution in [3.63, 3.8) is 0 Å². The van der Waals surface area contributed by atoms with E-state index in [2.05, 4.69) is 49.5 Å². The lowest BCUT2D eigenvalue weighted by Crippen LogP contribution is -2.02. The van der Waals surface area contributed by atoms with Gasteiger partial charge in [-0.2, -0.15) is 0 Å². The van der Waals surface area contributed by atoms with Crippen molar-refractivity contribution < 1.29 is 9.47 Å². The fourth-order valence-electron chi connectivity index (χ4n) is 2.44. The van der Waals surface area contributed by atoms with E-state index in [0.29, 0.717) is 0 Å². The van der Waals surface area contributed by atoms with Crippen LogP contribution in [0.1, 0.15) is 23.1 Å². The second-order valence-electron chi connectivity index (χ2n) is 5.50. The zero-order chi connectivity index (χ0) is 14.7. The minimum Gasteiger partial charge on any atom is -0.490 e. The molecule has 0 radical (unpaired) electrons. The first-order chi connectivity index (χ1) is 10.2. The molecule has 0 amide bonds. The fourth-order valence-corrected chi connectivity index (χ4v) is 2.44. The van der Waals surface area contributed by atoms with Gasteiger partial charge in [-0.1, -0.05) is 18.2 Å². The average molecular weight is 283 g/mol. The van der Waals surface area contributed by atoms with Gasteiger partial charge in [-0.25, -0.2) is 0 Å². The van der Waals surface area contributed by atoms with E-state index in [1.807, 2.05) is 6.07 Å². The molecule has 0 aliphatic carbocycles. The number of hydrogen-bond donors (Lipinski definition) is 1. The molecule has 0 fully saturated rings. The Balaban J connectivity index is 1.73. The van der Waals surface area contributed by atoms with E-state index in [-0.39, 0.29) is 0 Å². The summed E-state index contributed by atoms with van der Waals surface area (Å²) in [6.07, 6.45) is 0.935. The molecule has 3 heteroatoms. The van der Waals surface area contributed by atoms with Crippen molar-refractivity contribution >= 4 is 5.69 Å². The van der Waals surface area contributed by atoms with Crippen molar-refractivity contribution in [2.75, 3.05) is 18.5 Å². The van der Waals surface area contributed by atoms with Crippen LogP contribution in [0.15, 0.2) is 36.4 Å². The van der Waals surface area contributed by atoms with E-state index >= 15 is 0 Å². The van der Waals surface area contributed by atoms with Crippen molar-refractivity contribution in [1.82, 2.24) is 0 Å². The highest BCUT2D eigenvalue weighted by molar-refractivity contribution is 5.53. The van der Waals surface area contributed by atoms with Crippen LogP contribution in [0.25, 0.3) is 0 Å². The molecule has 21 heavy (non-hydrogen) atoms. The van der Waals surface area contributed by atoms with E-state index in [1.54, 1.807) is 0 Å². The first-order valence-corrected chi connectivity index (χ1v) is 7.42. The van der Waals surface area contributed by atoms with Crippen LogP contribution in [0.5, 0.6) is 11.5 Å². The molecule has 110 valence electrons. The van der Waals surface area contributed by atoms with Crippen LogP contribution in [0.4, 0.5) is 5.69 Å². The molecule has 0 unspecified atom stereocenters. The van der Waals surface area contributed by atoms with E-state index < -0.39 is 0 Å². The van der Waals surface area contributed by atoms with Crippen LogP contribution in [-0.2, 0) is 6.54 Å². The SMILES string of the molecule is Cc1ccc(C)c(NCc2ccc3c(c2)OCCCO3)c1. The predicted molar refractivity (Wildman–Crippen MR) is 85.3 cm³/mol. The Kier molecular flexibility index (Phi) is 4.00. The highest BCUT2D eigenvalue weighted by Crippen LogP contribution is 2.30. The smallest absolute Gasteiger partial charge is 0.161 e. The van der Waals surface area contributed by atoms with Crippen molar-refractivity contribution in [1.29, 1.82) is 0 Å². The Morgan fingerprint density at radius 3 is 2.62 bits per heavy atom. The molecule has 3 rings (SSSR count). The van der Waals surface area contributed by atoms with Gasteiger partial charge in [-0.15, -0.1) is 0 Å². The molecular weight excluding hydrogens is 262 g/mol. The van der Waals surface area contributed by atoms with Crippen LogP contribution in [0.3, 0.4) is 0 Å². The highest BCUT2D eigenvalue weighted by Gasteiger charge is 2.10. The zero-order valence-electron chi connectivity index (χ0n) is 12.6. The summed E-state index contributed by atoms with van der Waals surface area (Å²) in [5.41, 5.74) is 4.90. The molecule has 0 saturated carbocycles. The number of nitrogens with one attached hydrogen (secondary N) is 1. The van der Waals surface area contributed by atoms with E-state index in [4.69, 9.17) is 9.47 Å². The van der Waals surface area contributed by atoms with Gasteiger partial charge in [0.2, 0.25) is 0 Å². The summed E-state index contributed by atoms with van der Waals surface area (Å²) in [6.45, 7) is 6.46. The molecule has 0 atom stereocenters. The minimum atomic E-state index is 0.723. The van der Waals surface area contributed by atoms with E-state index in [9.17, 15) is 0 Å². The van der Waals surface area contributed by atoms with Crippen molar-refractivity contribution in [2.24, 2.45) is 0 Å². The second-order valence-corrected chi connectivity index (χ2v) is 5.50. The normalized spacial score (nSPS) is 13.6. The summed E-state index contributed by atoms with van der Waals surface area (Å²) in [7, 11) is 0. The second kappa shape index (κ2) is 6.08. The Bertz CT molecular complexity index is 637. The fraction of sp³-hybridized carbons (Fsp3) is 0.333. The Labute approximate surface area is 125 Å². The Morgan fingerprint density at radius 1 is 0.952 bits per heavy atom. The zero-order valence-corrected chi connectivity index (χ0v) is 12.6. The third-order valence-corrected chi connectivity index (χ3v) is 3.69.